The zero-order chi connectivity index (χ0) is 59.0. The van der Waals surface area contributed by atoms with Crippen molar-refractivity contribution in [1.82, 2.24) is 42.5 Å². The number of phosphoric ester groups is 1. The summed E-state index contributed by atoms with van der Waals surface area (Å²) in [6.45, 7) is 10.5. The van der Waals surface area contributed by atoms with Crippen LogP contribution in [0.25, 0.3) is 0 Å². The summed E-state index contributed by atoms with van der Waals surface area (Å²) in [5.74, 6) is -13.2. The maximum atomic E-state index is 14.3. The van der Waals surface area contributed by atoms with Crippen molar-refractivity contribution in [3.63, 3.8) is 0 Å². The Morgan fingerprint density at radius 2 is 1.01 bits per heavy atom. The second-order valence-corrected chi connectivity index (χ2v) is 20.6. The van der Waals surface area contributed by atoms with Gasteiger partial charge in [-0.15, -0.1) is 0 Å². The molecule has 8 amide bonds. The van der Waals surface area contributed by atoms with Crippen molar-refractivity contribution in [1.29, 1.82) is 0 Å². The van der Waals surface area contributed by atoms with Crippen LogP contribution in [-0.4, -0.2) is 145 Å². The van der Waals surface area contributed by atoms with Crippen molar-refractivity contribution in [2.24, 2.45) is 23.5 Å². The van der Waals surface area contributed by atoms with E-state index in [4.69, 9.17) is 5.73 Å². The number of hydrogen-bond acceptors (Lipinski definition) is 14. The molecular weight excluding hydrogens is 1050 g/mol. The van der Waals surface area contributed by atoms with Crippen LogP contribution in [-0.2, 0) is 70.1 Å². The van der Waals surface area contributed by atoms with Gasteiger partial charge in [-0.25, -0.2) is 9.36 Å². The Morgan fingerprint density at radius 3 is 1.50 bits per heavy atom. The number of carboxylic acid groups (broad SMARTS) is 3. The van der Waals surface area contributed by atoms with E-state index < -0.39 is 165 Å². The molecule has 0 aliphatic rings. The van der Waals surface area contributed by atoms with Crippen molar-refractivity contribution in [3.05, 3.63) is 65.7 Å². The number of carbonyl (C=O) groups is 11. The average molecular weight is 1120 g/mol. The molecular formula is C50H74N9O18P. The summed E-state index contributed by atoms with van der Waals surface area (Å²) >= 11 is 0. The first-order valence-electron chi connectivity index (χ1n) is 25.1. The minimum Gasteiger partial charge on any atom is -0.481 e. The van der Waals surface area contributed by atoms with Gasteiger partial charge in [0.05, 0.1) is 12.6 Å². The predicted molar refractivity (Wildman–Crippen MR) is 278 cm³/mol. The predicted octanol–water partition coefficient (Wildman–Crippen LogP) is -0.637. The van der Waals surface area contributed by atoms with Crippen molar-refractivity contribution >= 4 is 73.0 Å². The summed E-state index contributed by atoms with van der Waals surface area (Å²) in [7, 11) is -4.98. The van der Waals surface area contributed by atoms with Crippen LogP contribution in [0.5, 0.6) is 5.75 Å². The fourth-order valence-electron chi connectivity index (χ4n) is 7.47. The first-order chi connectivity index (χ1) is 36.4. The van der Waals surface area contributed by atoms with Gasteiger partial charge in [0.15, 0.2) is 0 Å². The Labute approximate surface area is 451 Å². The minimum absolute atomic E-state index is 0.0432. The molecule has 2 aromatic carbocycles. The van der Waals surface area contributed by atoms with E-state index in [0.29, 0.717) is 5.56 Å². The highest BCUT2D eigenvalue weighted by Crippen LogP contribution is 2.37. The lowest BCUT2D eigenvalue weighted by Crippen LogP contribution is -2.60. The number of hydrogen-bond donors (Lipinski definition) is 14. The molecule has 28 heteroatoms. The average Bonchev–Trinajstić information content (AvgIpc) is 3.35. The number of rotatable bonds is 34. The molecule has 0 aliphatic carbocycles. The third-order valence-corrected chi connectivity index (χ3v) is 12.4. The summed E-state index contributed by atoms with van der Waals surface area (Å²) < 4.78 is 16.0. The fraction of sp³-hybridized carbons (Fsp3) is 0.540. The number of benzene rings is 2. The van der Waals surface area contributed by atoms with Crippen molar-refractivity contribution < 1.29 is 86.9 Å². The highest BCUT2D eigenvalue weighted by atomic mass is 31.2. The Morgan fingerprint density at radius 1 is 0.551 bits per heavy atom. The van der Waals surface area contributed by atoms with E-state index in [9.17, 15) is 82.4 Å². The largest absolute Gasteiger partial charge is 0.524 e. The van der Waals surface area contributed by atoms with Crippen molar-refractivity contribution in [3.8, 4) is 5.75 Å². The highest BCUT2D eigenvalue weighted by molar-refractivity contribution is 7.46. The van der Waals surface area contributed by atoms with Gasteiger partial charge < -0.3 is 68.1 Å². The third kappa shape index (κ3) is 24.7. The van der Waals surface area contributed by atoms with E-state index in [1.54, 1.807) is 71.9 Å². The Kier molecular flexibility index (Phi) is 27.6. The number of carboxylic acids is 3. The van der Waals surface area contributed by atoms with E-state index >= 15 is 0 Å². The quantitative estimate of drug-likeness (QED) is 0.0388. The second-order valence-electron chi connectivity index (χ2n) is 19.4. The van der Waals surface area contributed by atoms with E-state index in [0.717, 1.165) is 0 Å². The SMILES string of the molecule is CC[C@H](C)[C@H](NC(=O)[C@H](CCC(=O)O)NC(=O)[C@H](CCC(=O)O)NC(=O)[C@H](C)N)C(=O)N[C@@H](Cc1ccc(OP(=O)(O)O)cc1)C(=O)NCC(=O)N[C@H](C(=O)N[C@@H](CC(C)C)C(=O)N[C@@H](Cc1ccccc1)C(=O)O)C(C)C. The molecule has 432 valence electrons. The Balaban J connectivity index is 2.42. The Hall–Kier alpha value is -7.48. The van der Waals surface area contributed by atoms with E-state index in [1.165, 1.54) is 31.2 Å². The summed E-state index contributed by atoms with van der Waals surface area (Å²) in [6.07, 6.45) is -2.37. The summed E-state index contributed by atoms with van der Waals surface area (Å²) in [5.41, 5.74) is 6.53. The zero-order valence-corrected chi connectivity index (χ0v) is 45.4. The maximum absolute atomic E-state index is 14.3. The second kappa shape index (κ2) is 32.3. The molecule has 0 saturated carbocycles. The van der Waals surface area contributed by atoms with Crippen LogP contribution < -0.4 is 52.8 Å². The lowest BCUT2D eigenvalue weighted by atomic mass is 9.96. The molecule has 0 aliphatic heterocycles. The monoisotopic (exact) mass is 1120 g/mol. The molecule has 0 bridgehead atoms. The number of aliphatic carboxylic acids is 3. The van der Waals surface area contributed by atoms with Crippen LogP contribution in [0, 0.1) is 17.8 Å². The zero-order valence-electron chi connectivity index (χ0n) is 44.5. The molecule has 0 heterocycles. The van der Waals surface area contributed by atoms with Gasteiger partial charge in [0.1, 0.15) is 48.0 Å². The van der Waals surface area contributed by atoms with Crippen LogP contribution in [0.1, 0.15) is 98.1 Å². The van der Waals surface area contributed by atoms with Gasteiger partial charge in [-0.05, 0) is 67.2 Å². The maximum Gasteiger partial charge on any atom is 0.524 e. The summed E-state index contributed by atoms with van der Waals surface area (Å²) in [4.78, 5) is 163. The van der Waals surface area contributed by atoms with Gasteiger partial charge in [-0.2, -0.15) is 0 Å². The molecule has 0 unspecified atom stereocenters. The molecule has 0 saturated heterocycles. The smallest absolute Gasteiger partial charge is 0.481 e. The molecule has 27 nitrogen and oxygen atoms in total. The van der Waals surface area contributed by atoms with Gasteiger partial charge in [0.2, 0.25) is 47.3 Å². The van der Waals surface area contributed by atoms with Gasteiger partial charge in [-0.1, -0.05) is 90.4 Å². The Bertz CT molecular complexity index is 2460. The highest BCUT2D eigenvalue weighted by Gasteiger charge is 2.36. The van der Waals surface area contributed by atoms with Gasteiger partial charge in [-0.3, -0.25) is 57.7 Å². The summed E-state index contributed by atoms with van der Waals surface area (Å²) in [5, 5.41) is 48.3. The van der Waals surface area contributed by atoms with Crippen LogP contribution in [0.4, 0.5) is 0 Å². The number of amides is 8. The number of carbonyl (C=O) groups excluding carboxylic acids is 8. The lowest BCUT2D eigenvalue weighted by Gasteiger charge is -2.29. The summed E-state index contributed by atoms with van der Waals surface area (Å²) in [6, 6.07) is 2.26. The van der Waals surface area contributed by atoms with Gasteiger partial charge >= 0.3 is 25.7 Å². The number of phosphoric acid groups is 1. The topological polar surface area (TPSA) is 437 Å². The van der Waals surface area contributed by atoms with Crippen LogP contribution >= 0.6 is 7.82 Å². The lowest BCUT2D eigenvalue weighted by molar-refractivity contribution is -0.142. The molecule has 9 atom stereocenters. The fourth-order valence-corrected chi connectivity index (χ4v) is 7.87. The molecule has 2 rings (SSSR count). The van der Waals surface area contributed by atoms with Crippen LogP contribution in [0.3, 0.4) is 0 Å². The standard InChI is InChI=1S/C50H74N9O18P/c1-8-28(6)42(59-46(68)34(19-21-40(63)64)54-45(67)33(18-20-39(61)62)53-43(65)29(7)51)49(71)56-36(23-31-14-16-32(17-15-31)77-78(74,75)76)44(66)52-25-38(60)58-41(27(4)5)48(70)55-35(22-26(2)3)47(69)57-37(50(72)73)24-30-12-10-9-11-13-30/h9-17,26-29,33-37,41-42H,8,18-25,51H2,1-7H3,(H,52,66)(H,53,65)(H,54,67)(H,55,70)(H,56,71)(H,57,69)(H,58,60)(H,59,68)(H,61,62)(H,63,64)(H,72,73)(H2,74,75,76)/t28-,29-,33-,34-,35-,36-,37-,41-,42-/m0/s1. The van der Waals surface area contributed by atoms with Crippen LogP contribution in [0.2, 0.25) is 0 Å². The van der Waals surface area contributed by atoms with E-state index in [-0.39, 0.29) is 42.9 Å². The first-order valence-corrected chi connectivity index (χ1v) is 26.6. The minimum atomic E-state index is -4.98. The van der Waals surface area contributed by atoms with Gasteiger partial charge in [0, 0.05) is 25.7 Å². The van der Waals surface area contributed by atoms with Gasteiger partial charge in [0.25, 0.3) is 0 Å². The van der Waals surface area contributed by atoms with Crippen LogP contribution in [0.15, 0.2) is 54.6 Å². The third-order valence-electron chi connectivity index (χ3n) is 11.9. The number of nitrogens with two attached hydrogens (primary N) is 1. The normalized spacial score (nSPS) is 14.8. The molecule has 2 aromatic rings. The van der Waals surface area contributed by atoms with E-state index in [2.05, 4.69) is 47.1 Å². The first kappa shape index (κ1) is 66.6. The molecule has 78 heavy (non-hydrogen) atoms. The molecule has 15 N–H and O–H groups in total. The van der Waals surface area contributed by atoms with E-state index in [1.807, 2.05) is 0 Å². The number of nitrogens with one attached hydrogen (secondary N) is 8. The van der Waals surface area contributed by atoms with Crippen molar-refractivity contribution in [2.45, 2.75) is 148 Å². The molecule has 0 radical (unpaired) electrons. The molecule has 0 spiro atoms. The molecule has 0 fully saturated rings. The van der Waals surface area contributed by atoms with Crippen molar-refractivity contribution in [2.75, 3.05) is 6.54 Å². The molecule has 0 aromatic heterocycles.